The third-order valence-corrected chi connectivity index (χ3v) is 3.89. The van der Waals surface area contributed by atoms with Gasteiger partial charge in [0, 0.05) is 5.39 Å². The topological polar surface area (TPSA) is 64.7 Å². The van der Waals surface area contributed by atoms with Crippen molar-refractivity contribution in [2.75, 3.05) is 5.73 Å². The summed E-state index contributed by atoms with van der Waals surface area (Å²) in [7, 11) is 0. The minimum Gasteiger partial charge on any atom is -0.397 e. The predicted molar refractivity (Wildman–Crippen MR) is 77.0 cm³/mol. The van der Waals surface area contributed by atoms with Crippen molar-refractivity contribution in [1.29, 1.82) is 0 Å². The van der Waals surface area contributed by atoms with Crippen LogP contribution in [0.5, 0.6) is 0 Å². The van der Waals surface area contributed by atoms with Crippen LogP contribution in [-0.2, 0) is 0 Å². The van der Waals surface area contributed by atoms with Gasteiger partial charge in [-0.1, -0.05) is 18.2 Å². The molecule has 94 valence electrons. The second kappa shape index (κ2) is 4.85. The zero-order valence-corrected chi connectivity index (χ0v) is 11.2. The van der Waals surface area contributed by atoms with Crippen LogP contribution in [0.3, 0.4) is 0 Å². The second-order valence-corrected chi connectivity index (χ2v) is 5.17. The maximum Gasteiger partial charge on any atom is 0.117 e. The molecule has 0 saturated heterocycles. The molecule has 0 atom stereocenters. The van der Waals surface area contributed by atoms with E-state index in [4.69, 9.17) is 5.73 Å². The quantitative estimate of drug-likeness (QED) is 0.724. The molecule has 0 aliphatic heterocycles. The number of hydrogen-bond donors (Lipinski definition) is 1. The maximum absolute atomic E-state index is 5.71. The summed E-state index contributed by atoms with van der Waals surface area (Å²) in [5.41, 5.74) is 8.38. The summed E-state index contributed by atoms with van der Waals surface area (Å²) in [4.78, 5) is 13.0. The fraction of sp³-hybridized carbons (Fsp3) is 0.0714. The minimum atomic E-state index is 0.675. The Morgan fingerprint density at radius 3 is 2.74 bits per heavy atom. The van der Waals surface area contributed by atoms with E-state index >= 15 is 0 Å². The van der Waals surface area contributed by atoms with Crippen LogP contribution in [0.2, 0.25) is 0 Å². The highest BCUT2D eigenvalue weighted by molar-refractivity contribution is 7.99. The Bertz CT molecular complexity index is 737. The van der Waals surface area contributed by atoms with E-state index < -0.39 is 0 Å². The molecular weight excluding hydrogens is 256 g/mol. The Morgan fingerprint density at radius 2 is 1.89 bits per heavy atom. The molecule has 0 fully saturated rings. The van der Waals surface area contributed by atoms with Crippen molar-refractivity contribution < 1.29 is 0 Å². The number of anilines is 1. The molecule has 3 aromatic rings. The van der Waals surface area contributed by atoms with Gasteiger partial charge in [-0.25, -0.2) is 15.0 Å². The van der Waals surface area contributed by atoms with Gasteiger partial charge in [0.05, 0.1) is 17.4 Å². The number of nitrogens with two attached hydrogens (primary N) is 1. The lowest BCUT2D eigenvalue weighted by molar-refractivity contribution is 1.06. The molecule has 0 aliphatic carbocycles. The zero-order valence-electron chi connectivity index (χ0n) is 10.4. The summed E-state index contributed by atoms with van der Waals surface area (Å²) in [5.74, 6) is 0. The molecule has 0 radical (unpaired) electrons. The van der Waals surface area contributed by atoms with Gasteiger partial charge in [-0.05, 0) is 36.4 Å². The number of fused-ring (bicyclic) bond motifs is 1. The molecule has 4 nitrogen and oxygen atoms in total. The van der Waals surface area contributed by atoms with Crippen LogP contribution in [0, 0.1) is 6.92 Å². The molecule has 2 heterocycles. The average molecular weight is 268 g/mol. The first kappa shape index (κ1) is 11.9. The summed E-state index contributed by atoms with van der Waals surface area (Å²) in [6.07, 6.45) is 3.25. The van der Waals surface area contributed by atoms with Crippen molar-refractivity contribution in [1.82, 2.24) is 15.0 Å². The van der Waals surface area contributed by atoms with E-state index in [1.54, 1.807) is 12.5 Å². The average Bonchev–Trinajstić information content (AvgIpc) is 2.42. The second-order valence-electron chi connectivity index (χ2n) is 4.19. The largest absolute Gasteiger partial charge is 0.397 e. The number of rotatable bonds is 2. The summed E-state index contributed by atoms with van der Waals surface area (Å²) < 4.78 is 0. The highest BCUT2D eigenvalue weighted by atomic mass is 32.2. The van der Waals surface area contributed by atoms with Crippen molar-refractivity contribution >= 4 is 28.4 Å². The van der Waals surface area contributed by atoms with E-state index in [2.05, 4.69) is 15.0 Å². The molecule has 2 N–H and O–H groups in total. The van der Waals surface area contributed by atoms with Gasteiger partial charge in [-0.3, -0.25) is 0 Å². The third kappa shape index (κ3) is 2.37. The van der Waals surface area contributed by atoms with Gasteiger partial charge in [0.25, 0.3) is 0 Å². The van der Waals surface area contributed by atoms with Gasteiger partial charge in [0.2, 0.25) is 0 Å². The van der Waals surface area contributed by atoms with Crippen molar-refractivity contribution in [3.05, 3.63) is 48.4 Å². The van der Waals surface area contributed by atoms with Gasteiger partial charge >= 0.3 is 0 Å². The van der Waals surface area contributed by atoms with Crippen molar-refractivity contribution in [3.63, 3.8) is 0 Å². The molecule has 0 unspecified atom stereocenters. The Hall–Kier alpha value is -2.14. The molecular formula is C14H12N4S. The van der Waals surface area contributed by atoms with Crippen LogP contribution in [0.4, 0.5) is 5.69 Å². The minimum absolute atomic E-state index is 0.675. The Morgan fingerprint density at radius 1 is 1.05 bits per heavy atom. The summed E-state index contributed by atoms with van der Waals surface area (Å²) in [5, 5.41) is 2.86. The van der Waals surface area contributed by atoms with E-state index in [0.717, 1.165) is 26.5 Å². The van der Waals surface area contributed by atoms with Gasteiger partial charge in [-0.15, -0.1) is 0 Å². The van der Waals surface area contributed by atoms with E-state index in [-0.39, 0.29) is 0 Å². The van der Waals surface area contributed by atoms with Crippen LogP contribution in [0.25, 0.3) is 10.9 Å². The lowest BCUT2D eigenvalue weighted by atomic mass is 10.2. The van der Waals surface area contributed by atoms with E-state index in [9.17, 15) is 0 Å². The SMILES string of the molecule is Cc1cc(N)cnc1Sc1ncnc2ccccc12. The fourth-order valence-corrected chi connectivity index (χ4v) is 2.73. The highest BCUT2D eigenvalue weighted by Crippen LogP contribution is 2.31. The number of aryl methyl sites for hydroxylation is 1. The molecule has 19 heavy (non-hydrogen) atoms. The summed E-state index contributed by atoms with van der Waals surface area (Å²) in [6.45, 7) is 2.00. The lowest BCUT2D eigenvalue weighted by Gasteiger charge is -2.06. The summed E-state index contributed by atoms with van der Waals surface area (Å²) >= 11 is 1.53. The number of benzene rings is 1. The number of nitrogens with zero attached hydrogens (tertiary/aromatic N) is 3. The highest BCUT2D eigenvalue weighted by Gasteiger charge is 2.08. The molecule has 2 aromatic heterocycles. The normalized spacial score (nSPS) is 10.8. The van der Waals surface area contributed by atoms with Crippen LogP contribution in [-0.4, -0.2) is 15.0 Å². The maximum atomic E-state index is 5.71. The molecule has 3 rings (SSSR count). The van der Waals surface area contributed by atoms with Gasteiger partial charge in [-0.2, -0.15) is 0 Å². The number of aromatic nitrogens is 3. The van der Waals surface area contributed by atoms with Gasteiger partial charge < -0.3 is 5.73 Å². The van der Waals surface area contributed by atoms with Gasteiger partial charge in [0.1, 0.15) is 16.4 Å². The van der Waals surface area contributed by atoms with E-state index in [1.807, 2.05) is 37.3 Å². The smallest absolute Gasteiger partial charge is 0.117 e. The first-order valence-corrected chi connectivity index (χ1v) is 6.65. The van der Waals surface area contributed by atoms with E-state index in [0.29, 0.717) is 5.69 Å². The number of nitrogen functional groups attached to an aromatic ring is 1. The molecule has 0 bridgehead atoms. The molecule has 5 heteroatoms. The number of pyridine rings is 1. The van der Waals surface area contributed by atoms with Crippen LogP contribution in [0.1, 0.15) is 5.56 Å². The summed E-state index contributed by atoms with van der Waals surface area (Å²) in [6, 6.07) is 9.86. The van der Waals surface area contributed by atoms with Crippen LogP contribution in [0.15, 0.2) is 52.9 Å². The van der Waals surface area contributed by atoms with Crippen LogP contribution < -0.4 is 5.73 Å². The first-order valence-electron chi connectivity index (χ1n) is 5.84. The molecule has 0 spiro atoms. The van der Waals surface area contributed by atoms with Crippen molar-refractivity contribution in [3.8, 4) is 0 Å². The Balaban J connectivity index is 2.06. The monoisotopic (exact) mass is 268 g/mol. The number of hydrogen-bond acceptors (Lipinski definition) is 5. The van der Waals surface area contributed by atoms with Crippen molar-refractivity contribution in [2.24, 2.45) is 0 Å². The Kier molecular flexibility index (Phi) is 3.05. The van der Waals surface area contributed by atoms with Crippen LogP contribution >= 0.6 is 11.8 Å². The fourth-order valence-electron chi connectivity index (χ4n) is 1.84. The third-order valence-electron chi connectivity index (χ3n) is 2.75. The van der Waals surface area contributed by atoms with E-state index in [1.165, 1.54) is 11.8 Å². The predicted octanol–water partition coefficient (Wildman–Crippen LogP) is 3.07. The molecule has 1 aromatic carbocycles. The number of para-hydroxylation sites is 1. The lowest BCUT2D eigenvalue weighted by Crippen LogP contribution is -1.92. The molecule has 0 aliphatic rings. The Labute approximate surface area is 115 Å². The standard InChI is InChI=1S/C14H12N4S/c1-9-6-10(15)7-16-13(9)19-14-11-4-2-3-5-12(11)17-8-18-14/h2-8H,15H2,1H3. The first-order chi connectivity index (χ1) is 9.24. The van der Waals surface area contributed by atoms with Crippen molar-refractivity contribution in [2.45, 2.75) is 17.0 Å². The zero-order chi connectivity index (χ0) is 13.2. The molecule has 0 amide bonds. The molecule has 0 saturated carbocycles. The van der Waals surface area contributed by atoms with Gasteiger partial charge in [0.15, 0.2) is 0 Å².